The molecular weight excluding hydrogens is 360 g/mol. The number of aromatic amines is 1. The van der Waals surface area contributed by atoms with Crippen molar-refractivity contribution in [1.29, 1.82) is 0 Å². The van der Waals surface area contributed by atoms with Gasteiger partial charge in [0, 0.05) is 44.2 Å². The summed E-state index contributed by atoms with van der Waals surface area (Å²) in [5.74, 6) is 1.25. The van der Waals surface area contributed by atoms with Crippen LogP contribution in [-0.2, 0) is 16.0 Å². The minimum absolute atomic E-state index is 0.0151. The molecule has 0 unspecified atom stereocenters. The van der Waals surface area contributed by atoms with E-state index >= 15 is 0 Å². The van der Waals surface area contributed by atoms with Crippen molar-refractivity contribution < 1.29 is 9.59 Å². The molecule has 4 heterocycles. The number of fused-ring (bicyclic) bond motifs is 4. The summed E-state index contributed by atoms with van der Waals surface area (Å²) in [5, 5.41) is 9.66. The van der Waals surface area contributed by atoms with E-state index in [2.05, 4.69) is 20.5 Å². The van der Waals surface area contributed by atoms with Gasteiger partial charge in [0.1, 0.15) is 5.82 Å². The van der Waals surface area contributed by atoms with Gasteiger partial charge in [-0.3, -0.25) is 19.5 Å². The molecule has 4 rings (SSSR count). The van der Waals surface area contributed by atoms with Gasteiger partial charge in [-0.2, -0.15) is 5.10 Å². The third-order valence-electron chi connectivity index (χ3n) is 5.66. The van der Waals surface area contributed by atoms with Crippen molar-refractivity contribution in [3.63, 3.8) is 0 Å². The molecule has 1 fully saturated rings. The predicted octanol–water partition coefficient (Wildman–Crippen LogP) is 0.140. The summed E-state index contributed by atoms with van der Waals surface area (Å²) in [4.78, 5) is 42.9. The van der Waals surface area contributed by atoms with Crippen molar-refractivity contribution in [3.05, 3.63) is 45.9 Å². The number of pyridine rings is 1. The summed E-state index contributed by atoms with van der Waals surface area (Å²) in [6.45, 7) is 4.79. The quantitative estimate of drug-likeness (QED) is 0.779. The molecule has 2 bridgehead atoms. The predicted molar refractivity (Wildman–Crippen MR) is 101 cm³/mol. The maximum atomic E-state index is 12.9. The Bertz CT molecular complexity index is 965. The molecule has 1 saturated heterocycles. The van der Waals surface area contributed by atoms with Gasteiger partial charge in [-0.05, 0) is 25.3 Å². The number of aryl methyl sites for hydroxylation is 1. The number of hydrogen-bond donors (Lipinski definition) is 2. The van der Waals surface area contributed by atoms with Gasteiger partial charge in [0.2, 0.25) is 11.8 Å². The van der Waals surface area contributed by atoms with Crippen molar-refractivity contribution in [2.24, 2.45) is 5.92 Å². The Hall–Kier alpha value is -2.97. The van der Waals surface area contributed by atoms with Crippen LogP contribution in [0.15, 0.2) is 23.0 Å². The van der Waals surface area contributed by atoms with Crippen molar-refractivity contribution in [1.82, 2.24) is 30.0 Å². The fraction of sp³-hybridized carbons (Fsp3) is 0.526. The molecule has 148 valence electrons. The molecule has 0 saturated carbocycles. The van der Waals surface area contributed by atoms with Gasteiger partial charge in [0.15, 0.2) is 5.82 Å². The van der Waals surface area contributed by atoms with E-state index in [-0.39, 0.29) is 41.7 Å². The number of piperidine rings is 1. The highest BCUT2D eigenvalue weighted by Crippen LogP contribution is 2.40. The minimum Gasteiger partial charge on any atom is -0.354 e. The van der Waals surface area contributed by atoms with Crippen molar-refractivity contribution >= 4 is 11.8 Å². The molecule has 2 aliphatic heterocycles. The van der Waals surface area contributed by atoms with Crippen molar-refractivity contribution in [2.75, 3.05) is 19.6 Å². The number of nitrogens with one attached hydrogen (secondary N) is 2. The third kappa shape index (κ3) is 3.44. The zero-order valence-corrected chi connectivity index (χ0v) is 16.0. The molecule has 2 amide bonds. The first-order valence-corrected chi connectivity index (χ1v) is 9.54. The Balaban J connectivity index is 1.60. The van der Waals surface area contributed by atoms with Crippen molar-refractivity contribution in [2.45, 2.75) is 38.6 Å². The zero-order valence-electron chi connectivity index (χ0n) is 16.0. The molecule has 2 N–H and O–H groups in total. The number of H-pyrrole nitrogens is 1. The Kier molecular flexibility index (Phi) is 4.74. The number of rotatable bonds is 4. The van der Waals surface area contributed by atoms with E-state index < -0.39 is 0 Å². The van der Waals surface area contributed by atoms with Crippen LogP contribution < -0.4 is 10.9 Å². The van der Waals surface area contributed by atoms with E-state index in [1.54, 1.807) is 19.1 Å². The Morgan fingerprint density at radius 2 is 2.14 bits per heavy atom. The van der Waals surface area contributed by atoms with Crippen LogP contribution in [0.2, 0.25) is 0 Å². The number of carbonyl (C=O) groups is 2. The molecule has 2 aromatic rings. The average Bonchev–Trinajstić information content (AvgIpc) is 3.06. The van der Waals surface area contributed by atoms with Gasteiger partial charge in [-0.25, -0.2) is 4.98 Å². The van der Waals surface area contributed by atoms with Crippen molar-refractivity contribution in [3.8, 4) is 0 Å². The first-order valence-electron chi connectivity index (χ1n) is 9.54. The van der Waals surface area contributed by atoms with E-state index in [1.807, 2.05) is 15.5 Å². The number of carbonyl (C=O) groups excluding carboxylic acids is 2. The lowest BCUT2D eigenvalue weighted by atomic mass is 9.78. The molecule has 28 heavy (non-hydrogen) atoms. The number of nitrogens with zero attached hydrogens (tertiary/aromatic N) is 4. The molecule has 9 heteroatoms. The molecule has 0 radical (unpaired) electrons. The maximum absolute atomic E-state index is 12.9. The smallest absolute Gasteiger partial charge is 0.251 e. The second kappa shape index (κ2) is 7.21. The van der Waals surface area contributed by atoms with Gasteiger partial charge >= 0.3 is 0 Å². The van der Waals surface area contributed by atoms with Crippen LogP contribution in [0, 0.1) is 12.8 Å². The molecule has 9 nitrogen and oxygen atoms in total. The number of aromatic nitrogens is 4. The summed E-state index contributed by atoms with van der Waals surface area (Å²) in [5.41, 5.74) is 0.879. The topological polar surface area (TPSA) is 113 Å². The Labute approximate surface area is 162 Å². The summed E-state index contributed by atoms with van der Waals surface area (Å²) in [7, 11) is 0. The molecule has 3 atom stereocenters. The minimum atomic E-state index is -0.162. The van der Waals surface area contributed by atoms with E-state index in [1.165, 1.54) is 6.92 Å². The van der Waals surface area contributed by atoms with Gasteiger partial charge in [-0.15, -0.1) is 0 Å². The molecule has 2 aliphatic rings. The average molecular weight is 384 g/mol. The van der Waals surface area contributed by atoms with E-state index in [4.69, 9.17) is 0 Å². The van der Waals surface area contributed by atoms with Crippen LogP contribution in [0.1, 0.15) is 42.6 Å². The van der Waals surface area contributed by atoms with Crippen LogP contribution in [0.5, 0.6) is 0 Å². The summed E-state index contributed by atoms with van der Waals surface area (Å²) >= 11 is 0. The monoisotopic (exact) mass is 384 g/mol. The Morgan fingerprint density at radius 3 is 2.86 bits per heavy atom. The summed E-state index contributed by atoms with van der Waals surface area (Å²) in [6, 6.07) is 5.11. The maximum Gasteiger partial charge on any atom is 0.251 e. The lowest BCUT2D eigenvalue weighted by Crippen LogP contribution is -2.53. The van der Waals surface area contributed by atoms with Gasteiger partial charge < -0.3 is 14.8 Å². The normalized spacial score (nSPS) is 23.2. The first kappa shape index (κ1) is 18.4. The summed E-state index contributed by atoms with van der Waals surface area (Å²) in [6.07, 6.45) is 1.05. The van der Waals surface area contributed by atoms with Gasteiger partial charge in [-0.1, -0.05) is 6.07 Å². The standard InChI is InChI=1S/C19H24N6O3/c1-11-21-17(23-22-11)7-19(28)24-9-13-6-14(10-24)16(8-20-12(2)26)25-15(13)4-3-5-18(25)27/h3-5,13-14,16H,6-10H2,1-2H3,(H,20,26)(H,21,22,23)/t13-,14+,16+/m1/s1. The van der Waals surface area contributed by atoms with Gasteiger partial charge in [0.05, 0.1) is 12.5 Å². The number of amides is 2. The summed E-state index contributed by atoms with van der Waals surface area (Å²) < 4.78 is 1.81. The Morgan fingerprint density at radius 1 is 1.32 bits per heavy atom. The van der Waals surface area contributed by atoms with Crippen LogP contribution >= 0.6 is 0 Å². The van der Waals surface area contributed by atoms with E-state index in [9.17, 15) is 14.4 Å². The lowest BCUT2D eigenvalue weighted by Gasteiger charge is -2.47. The number of likely N-dealkylation sites (tertiary alicyclic amines) is 1. The fourth-order valence-corrected chi connectivity index (χ4v) is 4.47. The highest BCUT2D eigenvalue weighted by Gasteiger charge is 2.41. The largest absolute Gasteiger partial charge is 0.354 e. The fourth-order valence-electron chi connectivity index (χ4n) is 4.47. The lowest BCUT2D eigenvalue weighted by molar-refractivity contribution is -0.134. The second-order valence-corrected chi connectivity index (χ2v) is 7.67. The molecule has 2 aromatic heterocycles. The van der Waals surface area contributed by atoms with Crippen LogP contribution in [0.4, 0.5) is 0 Å². The van der Waals surface area contributed by atoms with Crippen LogP contribution in [0.25, 0.3) is 0 Å². The molecule has 0 spiro atoms. The molecule has 0 aliphatic carbocycles. The third-order valence-corrected chi connectivity index (χ3v) is 5.66. The first-order chi connectivity index (χ1) is 13.4. The van der Waals surface area contributed by atoms with Crippen LogP contribution in [0.3, 0.4) is 0 Å². The molecular formula is C19H24N6O3. The number of hydrogen-bond acceptors (Lipinski definition) is 5. The van der Waals surface area contributed by atoms with Crippen LogP contribution in [-0.4, -0.2) is 56.1 Å². The highest BCUT2D eigenvalue weighted by molar-refractivity contribution is 5.78. The van der Waals surface area contributed by atoms with Gasteiger partial charge in [0.25, 0.3) is 5.56 Å². The van der Waals surface area contributed by atoms with E-state index in [0.717, 1.165) is 12.1 Å². The second-order valence-electron chi connectivity index (χ2n) is 7.67. The molecule has 0 aromatic carbocycles. The highest BCUT2D eigenvalue weighted by atomic mass is 16.2. The van der Waals surface area contributed by atoms with E-state index in [0.29, 0.717) is 31.3 Å². The SMILES string of the molecule is CC(=O)NC[C@H]1[C@H]2C[C@H](CN(C(=O)Cc3n[nH]c(C)n3)C2)c2cccc(=O)n21. The zero-order chi connectivity index (χ0) is 19.8.